The lowest BCUT2D eigenvalue weighted by Gasteiger charge is -2.24. The Labute approximate surface area is 108 Å². The van der Waals surface area contributed by atoms with E-state index >= 15 is 0 Å². The molecule has 1 amide bonds. The van der Waals surface area contributed by atoms with Crippen molar-refractivity contribution in [2.75, 3.05) is 13.1 Å². The number of rotatable bonds is 6. The van der Waals surface area contributed by atoms with Crippen molar-refractivity contribution in [3.8, 4) is 0 Å². The topological polar surface area (TPSA) is 92.4 Å². The van der Waals surface area contributed by atoms with Crippen LogP contribution in [0.3, 0.4) is 0 Å². The summed E-state index contributed by atoms with van der Waals surface area (Å²) in [5.41, 5.74) is 4.94. The molecule has 1 saturated carbocycles. The van der Waals surface area contributed by atoms with Gasteiger partial charge in [-0.25, -0.2) is 0 Å². The third-order valence-electron chi connectivity index (χ3n) is 3.42. The maximum Gasteiger partial charge on any atom is 0.311 e. The summed E-state index contributed by atoms with van der Waals surface area (Å²) < 4.78 is 0. The minimum atomic E-state index is -0.817. The third kappa shape index (κ3) is 3.98. The molecular formula is C13H24N2O3. The van der Waals surface area contributed by atoms with Gasteiger partial charge in [0.15, 0.2) is 0 Å². The van der Waals surface area contributed by atoms with Crippen molar-refractivity contribution >= 4 is 11.9 Å². The Morgan fingerprint density at radius 2 is 1.94 bits per heavy atom. The Balaban J connectivity index is 2.46. The van der Waals surface area contributed by atoms with Gasteiger partial charge >= 0.3 is 5.97 Å². The van der Waals surface area contributed by atoms with E-state index in [1.807, 2.05) is 0 Å². The van der Waals surface area contributed by atoms with E-state index in [0.717, 1.165) is 0 Å². The summed E-state index contributed by atoms with van der Waals surface area (Å²) in [4.78, 5) is 23.0. The minimum absolute atomic E-state index is 0.0332. The van der Waals surface area contributed by atoms with E-state index in [1.165, 1.54) is 0 Å². The van der Waals surface area contributed by atoms with Gasteiger partial charge in [0, 0.05) is 13.1 Å². The second-order valence-electron chi connectivity index (χ2n) is 6.50. The Kier molecular flexibility index (Phi) is 4.37. The molecule has 1 fully saturated rings. The summed E-state index contributed by atoms with van der Waals surface area (Å²) in [6.45, 7) is 6.69. The number of carbonyl (C=O) groups excluding carboxylic acids is 1. The van der Waals surface area contributed by atoms with Crippen LogP contribution in [0.5, 0.6) is 0 Å². The molecule has 1 aliphatic rings. The van der Waals surface area contributed by atoms with Crippen LogP contribution in [-0.2, 0) is 9.59 Å². The van der Waals surface area contributed by atoms with Crippen LogP contribution in [0.15, 0.2) is 0 Å². The van der Waals surface area contributed by atoms with Crippen molar-refractivity contribution in [3.05, 3.63) is 0 Å². The van der Waals surface area contributed by atoms with Gasteiger partial charge in [0.1, 0.15) is 0 Å². The predicted molar refractivity (Wildman–Crippen MR) is 68.9 cm³/mol. The van der Waals surface area contributed by atoms with Gasteiger partial charge in [0.05, 0.1) is 11.3 Å². The number of carbonyl (C=O) groups is 2. The van der Waals surface area contributed by atoms with E-state index in [4.69, 9.17) is 10.8 Å². The van der Waals surface area contributed by atoms with Crippen LogP contribution >= 0.6 is 0 Å². The van der Waals surface area contributed by atoms with E-state index in [-0.39, 0.29) is 23.8 Å². The van der Waals surface area contributed by atoms with Gasteiger partial charge in [-0.1, -0.05) is 20.8 Å². The number of aliphatic carboxylic acids is 1. The van der Waals surface area contributed by atoms with Crippen LogP contribution in [-0.4, -0.2) is 30.1 Å². The van der Waals surface area contributed by atoms with Crippen molar-refractivity contribution in [1.82, 2.24) is 5.32 Å². The smallest absolute Gasteiger partial charge is 0.311 e. The Morgan fingerprint density at radius 1 is 1.39 bits per heavy atom. The van der Waals surface area contributed by atoms with E-state index in [2.05, 4.69) is 26.1 Å². The highest BCUT2D eigenvalue weighted by Crippen LogP contribution is 2.45. The highest BCUT2D eigenvalue weighted by molar-refractivity contribution is 5.82. The summed E-state index contributed by atoms with van der Waals surface area (Å²) in [7, 11) is 0. The van der Waals surface area contributed by atoms with Gasteiger partial charge < -0.3 is 16.2 Å². The first-order valence-electron chi connectivity index (χ1n) is 6.41. The molecule has 0 aromatic heterocycles. The maximum atomic E-state index is 12.0. The summed E-state index contributed by atoms with van der Waals surface area (Å²) in [6, 6.07) is 0. The van der Waals surface area contributed by atoms with Crippen LogP contribution in [0.4, 0.5) is 0 Å². The van der Waals surface area contributed by atoms with E-state index in [9.17, 15) is 9.59 Å². The fourth-order valence-electron chi connectivity index (χ4n) is 2.04. The van der Waals surface area contributed by atoms with Gasteiger partial charge in [-0.2, -0.15) is 0 Å². The minimum Gasteiger partial charge on any atom is -0.481 e. The van der Waals surface area contributed by atoms with Crippen LogP contribution in [0.25, 0.3) is 0 Å². The summed E-state index contributed by atoms with van der Waals surface area (Å²) in [5, 5.41) is 11.8. The fourth-order valence-corrected chi connectivity index (χ4v) is 2.04. The third-order valence-corrected chi connectivity index (χ3v) is 3.42. The highest BCUT2D eigenvalue weighted by atomic mass is 16.4. The van der Waals surface area contributed by atoms with Gasteiger partial charge in [0.25, 0.3) is 0 Å². The maximum absolute atomic E-state index is 12.0. The number of hydrogen-bond donors (Lipinski definition) is 3. The van der Waals surface area contributed by atoms with E-state index in [0.29, 0.717) is 25.8 Å². The number of carboxylic acids is 1. The normalized spacial score (nSPS) is 19.1. The Morgan fingerprint density at radius 3 is 2.28 bits per heavy atom. The number of hydrogen-bond acceptors (Lipinski definition) is 3. The van der Waals surface area contributed by atoms with Gasteiger partial charge in [-0.05, 0) is 24.7 Å². The molecule has 1 aliphatic carbocycles. The average Bonchev–Trinajstić information content (AvgIpc) is 3.02. The highest BCUT2D eigenvalue weighted by Gasteiger charge is 2.50. The summed E-state index contributed by atoms with van der Waals surface area (Å²) in [6.07, 6.45) is 2.00. The molecule has 0 heterocycles. The lowest BCUT2D eigenvalue weighted by Crippen LogP contribution is -2.41. The molecule has 1 unspecified atom stereocenters. The molecule has 0 aromatic rings. The standard InChI is InChI=1S/C13H24N2O3/c1-12(2,3)6-9(7-14)10(16)15-8-13(4-5-13)11(17)18/h9H,4-8,14H2,1-3H3,(H,15,16)(H,17,18). The molecular weight excluding hydrogens is 232 g/mol. The molecule has 0 bridgehead atoms. The largest absolute Gasteiger partial charge is 0.481 e. The van der Waals surface area contributed by atoms with Crippen LogP contribution in [0.2, 0.25) is 0 Å². The molecule has 0 aromatic carbocycles. The Hall–Kier alpha value is -1.10. The monoisotopic (exact) mass is 256 g/mol. The van der Waals surface area contributed by atoms with Gasteiger partial charge in [-0.15, -0.1) is 0 Å². The average molecular weight is 256 g/mol. The molecule has 0 radical (unpaired) electrons. The number of carboxylic acid groups (broad SMARTS) is 1. The Bertz CT molecular complexity index is 330. The SMILES string of the molecule is CC(C)(C)CC(CN)C(=O)NCC1(C(=O)O)CC1. The zero-order valence-electron chi connectivity index (χ0n) is 11.5. The summed E-state index contributed by atoms with van der Waals surface area (Å²) >= 11 is 0. The molecule has 0 spiro atoms. The molecule has 0 saturated heterocycles. The second-order valence-corrected chi connectivity index (χ2v) is 6.50. The predicted octanol–water partition coefficient (Wildman–Crippen LogP) is 0.979. The van der Waals surface area contributed by atoms with Crippen LogP contribution < -0.4 is 11.1 Å². The molecule has 1 rings (SSSR count). The van der Waals surface area contributed by atoms with Crippen molar-refractivity contribution in [3.63, 3.8) is 0 Å². The molecule has 18 heavy (non-hydrogen) atoms. The van der Waals surface area contributed by atoms with Gasteiger partial charge in [0.2, 0.25) is 5.91 Å². The van der Waals surface area contributed by atoms with Crippen LogP contribution in [0.1, 0.15) is 40.0 Å². The fraction of sp³-hybridized carbons (Fsp3) is 0.846. The first-order chi connectivity index (χ1) is 8.20. The van der Waals surface area contributed by atoms with Crippen molar-refractivity contribution in [2.24, 2.45) is 22.5 Å². The lowest BCUT2D eigenvalue weighted by molar-refractivity contribution is -0.143. The number of nitrogens with two attached hydrogens (primary N) is 1. The lowest BCUT2D eigenvalue weighted by atomic mass is 9.84. The zero-order valence-corrected chi connectivity index (χ0v) is 11.5. The first kappa shape index (κ1) is 15.0. The number of nitrogens with one attached hydrogen (secondary N) is 1. The first-order valence-corrected chi connectivity index (χ1v) is 6.41. The van der Waals surface area contributed by atoms with Gasteiger partial charge in [-0.3, -0.25) is 9.59 Å². The zero-order chi connectivity index (χ0) is 14.0. The molecule has 0 aliphatic heterocycles. The van der Waals surface area contributed by atoms with Crippen molar-refractivity contribution < 1.29 is 14.7 Å². The summed E-state index contributed by atoms with van der Waals surface area (Å²) in [5.74, 6) is -1.18. The molecule has 1 atom stereocenters. The second kappa shape index (κ2) is 5.26. The van der Waals surface area contributed by atoms with Crippen LogP contribution in [0, 0.1) is 16.7 Å². The molecule has 5 nitrogen and oxygen atoms in total. The van der Waals surface area contributed by atoms with E-state index < -0.39 is 11.4 Å². The van der Waals surface area contributed by atoms with Crippen molar-refractivity contribution in [2.45, 2.75) is 40.0 Å². The molecule has 4 N–H and O–H groups in total. The van der Waals surface area contributed by atoms with Crippen molar-refractivity contribution in [1.29, 1.82) is 0 Å². The van der Waals surface area contributed by atoms with E-state index in [1.54, 1.807) is 0 Å². The quantitative estimate of drug-likeness (QED) is 0.660. The number of amides is 1. The molecule has 104 valence electrons. The molecule has 5 heteroatoms.